The number of fused-ring (bicyclic) bond motifs is 1. The molecule has 1 N–H and O–H groups in total. The van der Waals surface area contributed by atoms with Crippen molar-refractivity contribution in [2.75, 3.05) is 20.2 Å². The van der Waals surface area contributed by atoms with Crippen LogP contribution in [0.4, 0.5) is 0 Å². The number of methoxy groups -OCH3 is 1. The van der Waals surface area contributed by atoms with Gasteiger partial charge in [0.05, 0.1) is 12.7 Å². The summed E-state index contributed by atoms with van der Waals surface area (Å²) in [7, 11) is 2.99. The number of esters is 1. The molecule has 0 spiro atoms. The van der Waals surface area contributed by atoms with Crippen molar-refractivity contribution in [2.45, 2.75) is 18.8 Å². The van der Waals surface area contributed by atoms with E-state index >= 15 is 0 Å². The van der Waals surface area contributed by atoms with Crippen molar-refractivity contribution >= 4 is 47.3 Å². The van der Waals surface area contributed by atoms with Crippen LogP contribution in [-0.4, -0.2) is 35.1 Å². The summed E-state index contributed by atoms with van der Waals surface area (Å²) in [6.07, 6.45) is 5.98. The molecule has 0 radical (unpaired) electrons. The van der Waals surface area contributed by atoms with Crippen molar-refractivity contribution in [3.05, 3.63) is 29.6 Å². The van der Waals surface area contributed by atoms with E-state index < -0.39 is 0 Å². The molecule has 1 fully saturated rings. The molecule has 3 heterocycles. The van der Waals surface area contributed by atoms with Gasteiger partial charge in [-0.05, 0) is 43.5 Å². The number of nitrogens with zero attached hydrogens (tertiary/aromatic N) is 2. The van der Waals surface area contributed by atoms with E-state index in [4.69, 9.17) is 4.74 Å². The summed E-state index contributed by atoms with van der Waals surface area (Å²) in [5.41, 5.74) is 2.71. The van der Waals surface area contributed by atoms with Gasteiger partial charge in [-0.3, -0.25) is 3.97 Å². The Labute approximate surface area is 139 Å². The molecule has 0 saturated carbocycles. The topological polar surface area (TPSA) is 56.1 Å². The average Bonchev–Trinajstić information content (AvgIpc) is 2.92. The number of rotatable bonds is 3. The Balaban J connectivity index is 2.10. The monoisotopic (exact) mass is 417 g/mol. The lowest BCUT2D eigenvalue weighted by Crippen LogP contribution is -2.26. The van der Waals surface area contributed by atoms with Gasteiger partial charge in [-0.15, -0.1) is 0 Å². The minimum atomic E-state index is -0.337. The molecule has 2 aromatic rings. The molecular formula is C14H16IN3O2S. The zero-order valence-electron chi connectivity index (χ0n) is 11.6. The Morgan fingerprint density at radius 3 is 2.95 bits per heavy atom. The molecule has 2 aromatic heterocycles. The number of hydrogen-bond donors (Lipinski definition) is 1. The van der Waals surface area contributed by atoms with Gasteiger partial charge < -0.3 is 10.1 Å². The second-order valence-electron chi connectivity index (χ2n) is 5.09. The third kappa shape index (κ3) is 2.91. The Hall–Kier alpha value is -0.800. The fourth-order valence-corrected chi connectivity index (χ4v) is 4.11. The average molecular weight is 417 g/mol. The molecular weight excluding hydrogens is 401 g/mol. The normalized spacial score (nSPS) is 16.3. The number of carbonyl (C=O) groups is 1. The Bertz CT molecular complexity index is 668. The zero-order valence-corrected chi connectivity index (χ0v) is 14.6. The van der Waals surface area contributed by atoms with E-state index in [1.807, 2.05) is 6.07 Å². The largest absolute Gasteiger partial charge is 0.465 e. The zero-order chi connectivity index (χ0) is 14.8. The molecule has 0 amide bonds. The van der Waals surface area contributed by atoms with Gasteiger partial charge in [0.1, 0.15) is 0 Å². The summed E-state index contributed by atoms with van der Waals surface area (Å²) in [5, 5.41) is 4.45. The molecule has 0 aliphatic carbocycles. The van der Waals surface area contributed by atoms with E-state index in [2.05, 4.69) is 41.7 Å². The lowest BCUT2D eigenvalue weighted by molar-refractivity contribution is 0.0600. The van der Waals surface area contributed by atoms with E-state index in [-0.39, 0.29) is 5.97 Å². The van der Waals surface area contributed by atoms with Crippen LogP contribution in [0.5, 0.6) is 0 Å². The maximum absolute atomic E-state index is 11.7. The fourth-order valence-electron chi connectivity index (χ4n) is 2.84. The quantitative estimate of drug-likeness (QED) is 0.615. The molecule has 1 aliphatic rings. The van der Waals surface area contributed by atoms with Crippen LogP contribution >= 0.6 is 30.3 Å². The van der Waals surface area contributed by atoms with E-state index in [0.717, 1.165) is 37.0 Å². The van der Waals surface area contributed by atoms with Gasteiger partial charge in [-0.2, -0.15) is 0 Å². The molecule has 1 saturated heterocycles. The molecule has 112 valence electrons. The first-order valence-corrected chi connectivity index (χ1v) is 10.2. The maximum atomic E-state index is 11.7. The van der Waals surface area contributed by atoms with E-state index in [1.165, 1.54) is 12.7 Å². The summed E-state index contributed by atoms with van der Waals surface area (Å²) in [6, 6.07) is 1.91. The second kappa shape index (κ2) is 6.53. The van der Waals surface area contributed by atoms with E-state index in [1.54, 1.807) is 15.3 Å². The number of hydrogen-bond acceptors (Lipinski definition) is 5. The maximum Gasteiger partial charge on any atom is 0.339 e. The van der Waals surface area contributed by atoms with Crippen LogP contribution in [0.3, 0.4) is 0 Å². The molecule has 3 rings (SSSR count). The lowest BCUT2D eigenvalue weighted by Gasteiger charge is -2.22. The first-order valence-electron chi connectivity index (χ1n) is 6.83. The molecule has 7 heteroatoms. The highest BCUT2D eigenvalue weighted by Gasteiger charge is 2.22. The third-order valence-corrected chi connectivity index (χ3v) is 5.62. The van der Waals surface area contributed by atoms with Crippen LogP contribution in [-0.2, 0) is 4.74 Å². The molecule has 5 nitrogen and oxygen atoms in total. The summed E-state index contributed by atoms with van der Waals surface area (Å²) >= 11 is 2.25. The molecule has 0 aromatic carbocycles. The molecule has 0 unspecified atom stereocenters. The third-order valence-electron chi connectivity index (χ3n) is 3.92. The van der Waals surface area contributed by atoms with Crippen molar-refractivity contribution in [1.29, 1.82) is 0 Å². The van der Waals surface area contributed by atoms with E-state index in [9.17, 15) is 4.79 Å². The Morgan fingerprint density at radius 2 is 2.29 bits per heavy atom. The molecule has 1 aliphatic heterocycles. The smallest absolute Gasteiger partial charge is 0.339 e. The van der Waals surface area contributed by atoms with Crippen LogP contribution in [0.1, 0.15) is 34.7 Å². The van der Waals surface area contributed by atoms with Crippen LogP contribution in [0.15, 0.2) is 18.5 Å². The predicted molar refractivity (Wildman–Crippen MR) is 92.9 cm³/mol. The van der Waals surface area contributed by atoms with Gasteiger partial charge in [0, 0.05) is 48.1 Å². The van der Waals surface area contributed by atoms with Crippen molar-refractivity contribution in [3.63, 3.8) is 0 Å². The highest BCUT2D eigenvalue weighted by atomic mass is 127. The highest BCUT2D eigenvalue weighted by molar-refractivity contribution is 14.2. The minimum absolute atomic E-state index is 0.337. The number of piperidine rings is 1. The number of nitrogens with one attached hydrogen (secondary N) is 1. The van der Waals surface area contributed by atoms with Gasteiger partial charge in [0.15, 0.2) is 5.65 Å². The summed E-state index contributed by atoms with van der Waals surface area (Å²) < 4.78 is 6.87. The number of pyridine rings is 1. The summed E-state index contributed by atoms with van der Waals surface area (Å²) in [4.78, 5) is 16.2. The molecule has 21 heavy (non-hydrogen) atoms. The highest BCUT2D eigenvalue weighted by Crippen LogP contribution is 2.35. The molecule has 0 bridgehead atoms. The van der Waals surface area contributed by atoms with Crippen molar-refractivity contribution in [1.82, 2.24) is 14.3 Å². The summed E-state index contributed by atoms with van der Waals surface area (Å²) in [6.45, 7) is 2.08. The molecule has 0 atom stereocenters. The number of halogens is 1. The Kier molecular flexibility index (Phi) is 4.70. The summed E-state index contributed by atoms with van der Waals surface area (Å²) in [5.74, 6) is 0.184. The van der Waals surface area contributed by atoms with Crippen LogP contribution in [0, 0.1) is 0 Å². The number of carbonyl (C=O) groups excluding carboxylic acids is 1. The van der Waals surface area contributed by atoms with Gasteiger partial charge in [-0.25, -0.2) is 9.78 Å². The van der Waals surface area contributed by atoms with Gasteiger partial charge in [0.25, 0.3) is 0 Å². The fraction of sp³-hybridized carbons (Fsp3) is 0.429. The SMILES string of the molecule is COC(=O)c1cnc2c(c1)c(C1CCNCC1)cn2SI. The van der Waals surface area contributed by atoms with Crippen molar-refractivity contribution in [2.24, 2.45) is 0 Å². The first kappa shape index (κ1) is 15.1. The Morgan fingerprint density at radius 1 is 1.52 bits per heavy atom. The lowest BCUT2D eigenvalue weighted by atomic mass is 9.90. The van der Waals surface area contributed by atoms with Gasteiger partial charge >= 0.3 is 5.97 Å². The second-order valence-corrected chi connectivity index (χ2v) is 6.80. The first-order chi connectivity index (χ1) is 10.2. The predicted octanol–water partition coefficient (Wildman–Crippen LogP) is 3.14. The minimum Gasteiger partial charge on any atom is -0.465 e. The van der Waals surface area contributed by atoms with Crippen LogP contribution in [0.25, 0.3) is 11.0 Å². The standard InChI is InChI=1S/C14H16IN3O2S/c1-20-14(19)10-6-11-12(9-2-4-16-5-3-9)8-18(21-15)13(11)17-7-10/h6-9,16H,2-5H2,1H3. The van der Waals surface area contributed by atoms with Crippen molar-refractivity contribution < 1.29 is 9.53 Å². The van der Waals surface area contributed by atoms with Crippen molar-refractivity contribution in [3.8, 4) is 0 Å². The van der Waals surface area contributed by atoms with E-state index in [0.29, 0.717) is 11.5 Å². The number of ether oxygens (including phenoxy) is 1. The van der Waals surface area contributed by atoms with Gasteiger partial charge in [0.2, 0.25) is 0 Å². The van der Waals surface area contributed by atoms with Crippen LogP contribution in [0.2, 0.25) is 0 Å². The van der Waals surface area contributed by atoms with Crippen LogP contribution < -0.4 is 5.32 Å². The van der Waals surface area contributed by atoms with Gasteiger partial charge in [-0.1, -0.05) is 0 Å². The number of aromatic nitrogens is 2.